The van der Waals surface area contributed by atoms with Gasteiger partial charge in [0, 0.05) is 19.0 Å². The molecule has 1 aliphatic rings. The van der Waals surface area contributed by atoms with E-state index < -0.39 is 12.1 Å². The van der Waals surface area contributed by atoms with Gasteiger partial charge in [-0.1, -0.05) is 30.3 Å². The number of nitriles is 1. The molecule has 23 heavy (non-hydrogen) atoms. The molecule has 1 heterocycles. The van der Waals surface area contributed by atoms with Gasteiger partial charge < -0.3 is 15.3 Å². The fourth-order valence-electron chi connectivity index (χ4n) is 2.91. The zero-order valence-electron chi connectivity index (χ0n) is 12.9. The van der Waals surface area contributed by atoms with E-state index in [1.54, 1.807) is 4.90 Å². The molecule has 0 aromatic heterocycles. The second kappa shape index (κ2) is 8.18. The Hall–Kier alpha value is -2.55. The third-order valence-corrected chi connectivity index (χ3v) is 4.10. The number of benzene rings is 1. The molecule has 1 aliphatic heterocycles. The van der Waals surface area contributed by atoms with Crippen LogP contribution in [0.3, 0.4) is 0 Å². The van der Waals surface area contributed by atoms with Crippen LogP contribution in [0.4, 0.5) is 4.79 Å². The highest BCUT2D eigenvalue weighted by molar-refractivity contribution is 5.78. The predicted octanol–water partition coefficient (Wildman–Crippen LogP) is 2.16. The first-order valence-corrected chi connectivity index (χ1v) is 7.82. The Balaban J connectivity index is 1.94. The SMILES string of the molecule is N#CC1CCCN1C(=O)CC(CCc1ccccc1)NC(=O)O. The normalized spacial score (nSPS) is 18.2. The van der Waals surface area contributed by atoms with Crippen LogP contribution in [0.5, 0.6) is 0 Å². The monoisotopic (exact) mass is 315 g/mol. The molecule has 0 bridgehead atoms. The molecule has 2 N–H and O–H groups in total. The molecular formula is C17H21N3O3. The molecular weight excluding hydrogens is 294 g/mol. The van der Waals surface area contributed by atoms with Crippen molar-refractivity contribution in [2.45, 2.75) is 44.2 Å². The van der Waals surface area contributed by atoms with Crippen molar-refractivity contribution in [2.75, 3.05) is 6.54 Å². The standard InChI is InChI=1S/C17H21N3O3/c18-12-15-7-4-10-20(15)16(21)11-14(19-17(22)23)9-8-13-5-2-1-3-6-13/h1-3,5-6,14-15,19H,4,7-11H2,(H,22,23). The summed E-state index contributed by atoms with van der Waals surface area (Å²) in [4.78, 5) is 24.9. The summed E-state index contributed by atoms with van der Waals surface area (Å²) in [7, 11) is 0. The summed E-state index contributed by atoms with van der Waals surface area (Å²) < 4.78 is 0. The Morgan fingerprint density at radius 2 is 2.13 bits per heavy atom. The first-order valence-electron chi connectivity index (χ1n) is 7.82. The number of carbonyl (C=O) groups excluding carboxylic acids is 1. The van der Waals surface area contributed by atoms with Crippen LogP contribution in [-0.2, 0) is 11.2 Å². The lowest BCUT2D eigenvalue weighted by Crippen LogP contribution is -2.42. The van der Waals surface area contributed by atoms with Gasteiger partial charge in [0.05, 0.1) is 6.07 Å². The lowest BCUT2D eigenvalue weighted by molar-refractivity contribution is -0.131. The predicted molar refractivity (Wildman–Crippen MR) is 84.7 cm³/mol. The Kier molecular flexibility index (Phi) is 5.98. The maximum absolute atomic E-state index is 12.4. The summed E-state index contributed by atoms with van der Waals surface area (Å²) in [6.45, 7) is 0.579. The van der Waals surface area contributed by atoms with Crippen LogP contribution in [0.2, 0.25) is 0 Å². The van der Waals surface area contributed by atoms with Crippen LogP contribution in [0, 0.1) is 11.3 Å². The molecule has 2 atom stereocenters. The van der Waals surface area contributed by atoms with E-state index in [0.29, 0.717) is 25.8 Å². The van der Waals surface area contributed by atoms with Gasteiger partial charge in [-0.3, -0.25) is 4.79 Å². The van der Waals surface area contributed by atoms with E-state index in [1.165, 1.54) is 0 Å². The topological polar surface area (TPSA) is 93.4 Å². The average Bonchev–Trinajstić information content (AvgIpc) is 3.02. The van der Waals surface area contributed by atoms with Gasteiger partial charge in [0.25, 0.3) is 0 Å². The molecule has 2 amide bonds. The lowest BCUT2D eigenvalue weighted by atomic mass is 10.0. The molecule has 122 valence electrons. The van der Waals surface area contributed by atoms with Gasteiger partial charge in [0.2, 0.25) is 5.91 Å². The number of carbonyl (C=O) groups is 2. The second-order valence-electron chi connectivity index (χ2n) is 5.75. The van der Waals surface area contributed by atoms with E-state index in [-0.39, 0.29) is 18.4 Å². The van der Waals surface area contributed by atoms with Gasteiger partial charge >= 0.3 is 6.09 Å². The Morgan fingerprint density at radius 3 is 2.78 bits per heavy atom. The molecule has 1 aromatic carbocycles. The minimum absolute atomic E-state index is 0.0946. The highest BCUT2D eigenvalue weighted by Gasteiger charge is 2.30. The van der Waals surface area contributed by atoms with E-state index >= 15 is 0 Å². The molecule has 1 saturated heterocycles. The van der Waals surface area contributed by atoms with Crippen molar-refractivity contribution in [2.24, 2.45) is 0 Å². The summed E-state index contributed by atoms with van der Waals surface area (Å²) >= 11 is 0. The third-order valence-electron chi connectivity index (χ3n) is 4.10. The van der Waals surface area contributed by atoms with Crippen molar-refractivity contribution in [1.82, 2.24) is 10.2 Å². The lowest BCUT2D eigenvalue weighted by Gasteiger charge is -2.23. The molecule has 1 fully saturated rings. The number of rotatable bonds is 6. The van der Waals surface area contributed by atoms with E-state index in [2.05, 4.69) is 11.4 Å². The number of nitrogens with one attached hydrogen (secondary N) is 1. The summed E-state index contributed by atoms with van der Waals surface area (Å²) in [5, 5.41) is 20.5. The maximum atomic E-state index is 12.4. The van der Waals surface area contributed by atoms with Crippen molar-refractivity contribution in [3.8, 4) is 6.07 Å². The zero-order chi connectivity index (χ0) is 16.7. The smallest absolute Gasteiger partial charge is 0.404 e. The number of hydrogen-bond acceptors (Lipinski definition) is 3. The van der Waals surface area contributed by atoms with Crippen LogP contribution in [-0.4, -0.2) is 40.6 Å². The number of aryl methyl sites for hydroxylation is 1. The summed E-state index contributed by atoms with van der Waals surface area (Å²) in [6.07, 6.45) is 1.73. The van der Waals surface area contributed by atoms with E-state index in [0.717, 1.165) is 12.0 Å². The van der Waals surface area contributed by atoms with Crippen molar-refractivity contribution in [1.29, 1.82) is 5.26 Å². The van der Waals surface area contributed by atoms with Gasteiger partial charge in [0.15, 0.2) is 0 Å². The Morgan fingerprint density at radius 1 is 1.39 bits per heavy atom. The van der Waals surface area contributed by atoms with Gasteiger partial charge in [0.1, 0.15) is 6.04 Å². The minimum atomic E-state index is -1.13. The number of likely N-dealkylation sites (tertiary alicyclic amines) is 1. The molecule has 1 aromatic rings. The molecule has 0 spiro atoms. The van der Waals surface area contributed by atoms with Crippen LogP contribution < -0.4 is 5.32 Å². The van der Waals surface area contributed by atoms with Gasteiger partial charge in [-0.05, 0) is 31.2 Å². The number of nitrogens with zero attached hydrogens (tertiary/aromatic N) is 2. The highest BCUT2D eigenvalue weighted by Crippen LogP contribution is 2.19. The first kappa shape index (κ1) is 16.8. The van der Waals surface area contributed by atoms with E-state index in [9.17, 15) is 9.59 Å². The molecule has 6 heteroatoms. The van der Waals surface area contributed by atoms with Crippen LogP contribution in [0.1, 0.15) is 31.2 Å². The van der Waals surface area contributed by atoms with E-state index in [1.807, 2.05) is 30.3 Å². The Labute approximate surface area is 135 Å². The average molecular weight is 315 g/mol. The van der Waals surface area contributed by atoms with Gasteiger partial charge in [-0.25, -0.2) is 4.79 Å². The largest absolute Gasteiger partial charge is 0.465 e. The molecule has 2 rings (SSSR count). The van der Waals surface area contributed by atoms with Crippen molar-refractivity contribution < 1.29 is 14.7 Å². The van der Waals surface area contributed by atoms with Crippen LogP contribution in [0.25, 0.3) is 0 Å². The summed E-state index contributed by atoms with van der Waals surface area (Å²) in [6, 6.07) is 11.1. The Bertz CT molecular complexity index is 582. The van der Waals surface area contributed by atoms with Crippen LogP contribution in [0.15, 0.2) is 30.3 Å². The molecule has 2 unspecified atom stereocenters. The fourth-order valence-corrected chi connectivity index (χ4v) is 2.91. The van der Waals surface area contributed by atoms with Gasteiger partial charge in [-0.15, -0.1) is 0 Å². The van der Waals surface area contributed by atoms with Gasteiger partial charge in [-0.2, -0.15) is 5.26 Å². The van der Waals surface area contributed by atoms with E-state index in [4.69, 9.17) is 10.4 Å². The number of carboxylic acid groups (broad SMARTS) is 1. The number of amides is 2. The molecule has 0 radical (unpaired) electrons. The fraction of sp³-hybridized carbons (Fsp3) is 0.471. The number of hydrogen-bond donors (Lipinski definition) is 2. The minimum Gasteiger partial charge on any atom is -0.465 e. The first-order chi connectivity index (χ1) is 11.1. The molecule has 0 aliphatic carbocycles. The van der Waals surface area contributed by atoms with Crippen molar-refractivity contribution >= 4 is 12.0 Å². The highest BCUT2D eigenvalue weighted by atomic mass is 16.4. The van der Waals surface area contributed by atoms with Crippen molar-refractivity contribution in [3.63, 3.8) is 0 Å². The maximum Gasteiger partial charge on any atom is 0.404 e. The zero-order valence-corrected chi connectivity index (χ0v) is 12.9. The third kappa shape index (κ3) is 4.99. The van der Waals surface area contributed by atoms with Crippen LogP contribution >= 0.6 is 0 Å². The summed E-state index contributed by atoms with van der Waals surface area (Å²) in [5.41, 5.74) is 1.10. The van der Waals surface area contributed by atoms with Crippen molar-refractivity contribution in [3.05, 3.63) is 35.9 Å². The summed E-state index contributed by atoms with van der Waals surface area (Å²) in [5.74, 6) is -0.152. The quantitative estimate of drug-likeness (QED) is 0.841. The molecule has 6 nitrogen and oxygen atoms in total. The molecule has 0 saturated carbocycles. The second-order valence-corrected chi connectivity index (χ2v) is 5.75.